The van der Waals surface area contributed by atoms with Gasteiger partial charge in [-0.2, -0.15) is 0 Å². The minimum absolute atomic E-state index is 0.0768. The van der Waals surface area contributed by atoms with Crippen molar-refractivity contribution in [1.82, 2.24) is 4.90 Å². The summed E-state index contributed by atoms with van der Waals surface area (Å²) < 4.78 is 0. The zero-order chi connectivity index (χ0) is 12.3. The molecule has 0 unspecified atom stereocenters. The number of aliphatic hydroxyl groups is 1. The molecule has 1 saturated heterocycles. The van der Waals surface area contributed by atoms with Crippen LogP contribution >= 0.6 is 0 Å². The smallest absolute Gasteiger partial charge is 0.242 e. The topological polar surface area (TPSA) is 43.8 Å². The Morgan fingerprint density at radius 2 is 2.18 bits per heavy atom. The van der Waals surface area contributed by atoms with Crippen LogP contribution in [0.4, 0.5) is 5.69 Å². The van der Waals surface area contributed by atoms with E-state index >= 15 is 0 Å². The Morgan fingerprint density at radius 1 is 1.47 bits per heavy atom. The summed E-state index contributed by atoms with van der Waals surface area (Å²) in [5, 5.41) is 9.39. The SMILES string of the molecule is CN(CC(=O)N1CC[C@@H](O)C1)c1ccccc1. The van der Waals surface area contributed by atoms with E-state index in [1.165, 1.54) is 0 Å². The molecule has 0 spiro atoms. The Morgan fingerprint density at radius 3 is 2.76 bits per heavy atom. The number of rotatable bonds is 3. The maximum absolute atomic E-state index is 11.9. The summed E-state index contributed by atoms with van der Waals surface area (Å²) in [6, 6.07) is 9.82. The van der Waals surface area contributed by atoms with Crippen molar-refractivity contribution in [3.8, 4) is 0 Å². The van der Waals surface area contributed by atoms with Crippen LogP contribution in [0.15, 0.2) is 30.3 Å². The molecule has 92 valence electrons. The highest BCUT2D eigenvalue weighted by Gasteiger charge is 2.24. The molecule has 2 rings (SSSR count). The number of likely N-dealkylation sites (N-methyl/N-ethyl adjacent to an activating group) is 1. The average Bonchev–Trinajstić information content (AvgIpc) is 2.77. The van der Waals surface area contributed by atoms with Crippen LogP contribution in [0.3, 0.4) is 0 Å². The molecule has 0 radical (unpaired) electrons. The van der Waals surface area contributed by atoms with Crippen molar-refractivity contribution < 1.29 is 9.90 Å². The third-order valence-electron chi connectivity index (χ3n) is 3.09. The van der Waals surface area contributed by atoms with Gasteiger partial charge in [-0.1, -0.05) is 18.2 Å². The zero-order valence-corrected chi connectivity index (χ0v) is 10.0. The second-order valence-corrected chi connectivity index (χ2v) is 4.47. The molecule has 1 N–H and O–H groups in total. The van der Waals surface area contributed by atoms with Crippen LogP contribution in [0, 0.1) is 0 Å². The summed E-state index contributed by atoms with van der Waals surface area (Å²) >= 11 is 0. The normalized spacial score (nSPS) is 19.4. The van der Waals surface area contributed by atoms with Crippen LogP contribution in [0.25, 0.3) is 0 Å². The van der Waals surface area contributed by atoms with E-state index in [1.54, 1.807) is 4.90 Å². The van der Waals surface area contributed by atoms with Crippen molar-refractivity contribution >= 4 is 11.6 Å². The summed E-state index contributed by atoms with van der Waals surface area (Å²) in [7, 11) is 1.90. The van der Waals surface area contributed by atoms with E-state index in [0.717, 1.165) is 5.69 Å². The maximum Gasteiger partial charge on any atom is 0.242 e. The molecule has 1 amide bonds. The molecule has 1 heterocycles. The third-order valence-corrected chi connectivity index (χ3v) is 3.09. The van der Waals surface area contributed by atoms with Crippen LogP contribution in [-0.4, -0.2) is 48.7 Å². The second kappa shape index (κ2) is 5.19. The van der Waals surface area contributed by atoms with Crippen LogP contribution in [0.5, 0.6) is 0 Å². The van der Waals surface area contributed by atoms with Crippen LogP contribution in [-0.2, 0) is 4.79 Å². The van der Waals surface area contributed by atoms with Gasteiger partial charge in [-0.3, -0.25) is 4.79 Å². The van der Waals surface area contributed by atoms with Gasteiger partial charge in [0.2, 0.25) is 5.91 Å². The number of nitrogens with zero attached hydrogens (tertiary/aromatic N) is 2. The van der Waals surface area contributed by atoms with E-state index in [2.05, 4.69) is 0 Å². The first kappa shape index (κ1) is 11.9. The molecule has 4 nitrogen and oxygen atoms in total. The van der Waals surface area contributed by atoms with Crippen LogP contribution < -0.4 is 4.90 Å². The number of hydrogen-bond donors (Lipinski definition) is 1. The number of carbonyl (C=O) groups excluding carboxylic acids is 1. The van der Waals surface area contributed by atoms with E-state index < -0.39 is 0 Å². The summed E-state index contributed by atoms with van der Waals surface area (Å²) in [5.41, 5.74) is 1.03. The molecule has 0 aliphatic carbocycles. The largest absolute Gasteiger partial charge is 0.391 e. The van der Waals surface area contributed by atoms with Crippen molar-refractivity contribution in [3.05, 3.63) is 30.3 Å². The first-order valence-electron chi connectivity index (χ1n) is 5.89. The molecule has 1 aliphatic rings. The molecule has 1 atom stereocenters. The number of hydrogen-bond acceptors (Lipinski definition) is 3. The third kappa shape index (κ3) is 2.97. The predicted octanol–water partition coefficient (Wildman–Crippen LogP) is 0.716. The Bertz CT molecular complexity index is 380. The molecule has 0 bridgehead atoms. The molecule has 1 aliphatic heterocycles. The monoisotopic (exact) mass is 234 g/mol. The Balaban J connectivity index is 1.91. The van der Waals surface area contributed by atoms with E-state index in [-0.39, 0.29) is 12.0 Å². The van der Waals surface area contributed by atoms with Crippen molar-refractivity contribution in [3.63, 3.8) is 0 Å². The highest BCUT2D eigenvalue weighted by Crippen LogP contribution is 2.13. The minimum Gasteiger partial charge on any atom is -0.391 e. The number of amides is 1. The molecule has 0 aromatic heterocycles. The van der Waals surface area contributed by atoms with E-state index in [1.807, 2.05) is 42.3 Å². The zero-order valence-electron chi connectivity index (χ0n) is 10.0. The van der Waals surface area contributed by atoms with Crippen LogP contribution in [0.1, 0.15) is 6.42 Å². The maximum atomic E-state index is 11.9. The molecular formula is C13H18N2O2. The van der Waals surface area contributed by atoms with Gasteiger partial charge < -0.3 is 14.9 Å². The van der Waals surface area contributed by atoms with Gasteiger partial charge >= 0.3 is 0 Å². The van der Waals surface area contributed by atoms with Crippen molar-refractivity contribution in [1.29, 1.82) is 0 Å². The summed E-state index contributed by atoms with van der Waals surface area (Å²) in [6.07, 6.45) is 0.349. The van der Waals surface area contributed by atoms with Gasteiger partial charge in [0.1, 0.15) is 0 Å². The number of likely N-dealkylation sites (tertiary alicyclic amines) is 1. The quantitative estimate of drug-likeness (QED) is 0.838. The first-order valence-corrected chi connectivity index (χ1v) is 5.89. The highest BCUT2D eigenvalue weighted by molar-refractivity contribution is 5.81. The van der Waals surface area contributed by atoms with Gasteiger partial charge in [-0.15, -0.1) is 0 Å². The van der Waals surface area contributed by atoms with Gasteiger partial charge in [-0.05, 0) is 18.6 Å². The lowest BCUT2D eigenvalue weighted by Crippen LogP contribution is -2.38. The number of carbonyl (C=O) groups is 1. The highest BCUT2D eigenvalue weighted by atomic mass is 16.3. The van der Waals surface area contributed by atoms with Gasteiger partial charge in [-0.25, -0.2) is 0 Å². The molecule has 4 heteroatoms. The second-order valence-electron chi connectivity index (χ2n) is 4.47. The lowest BCUT2D eigenvalue weighted by molar-refractivity contribution is -0.129. The van der Waals surface area contributed by atoms with E-state index in [0.29, 0.717) is 26.1 Å². The Labute approximate surface area is 101 Å². The van der Waals surface area contributed by atoms with Crippen molar-refractivity contribution in [2.75, 3.05) is 31.6 Å². The Hall–Kier alpha value is -1.55. The first-order chi connectivity index (χ1) is 8.16. The number of β-amino-alcohol motifs (C(OH)–C–C–N with tert-alkyl or cyclic N) is 1. The number of para-hydroxylation sites is 1. The summed E-state index contributed by atoms with van der Waals surface area (Å²) in [5.74, 6) is 0.0768. The summed E-state index contributed by atoms with van der Waals surface area (Å²) in [4.78, 5) is 15.6. The summed E-state index contributed by atoms with van der Waals surface area (Å²) in [6.45, 7) is 1.50. The average molecular weight is 234 g/mol. The molecule has 17 heavy (non-hydrogen) atoms. The Kier molecular flexibility index (Phi) is 3.64. The standard InChI is InChI=1S/C13H18N2O2/c1-14(11-5-3-2-4-6-11)10-13(17)15-8-7-12(16)9-15/h2-6,12,16H,7-10H2,1H3/t12-/m1/s1. The molecule has 0 saturated carbocycles. The van der Waals surface area contributed by atoms with E-state index in [4.69, 9.17) is 0 Å². The molecule has 1 fully saturated rings. The fourth-order valence-electron chi connectivity index (χ4n) is 2.05. The number of benzene rings is 1. The predicted molar refractivity (Wildman–Crippen MR) is 66.9 cm³/mol. The lowest BCUT2D eigenvalue weighted by Gasteiger charge is -2.22. The number of aliphatic hydroxyl groups excluding tert-OH is 1. The fraction of sp³-hybridized carbons (Fsp3) is 0.462. The van der Waals surface area contributed by atoms with E-state index in [9.17, 15) is 9.90 Å². The number of anilines is 1. The van der Waals surface area contributed by atoms with Gasteiger partial charge in [0.15, 0.2) is 0 Å². The van der Waals surface area contributed by atoms with Crippen LogP contribution in [0.2, 0.25) is 0 Å². The van der Waals surface area contributed by atoms with Gasteiger partial charge in [0.25, 0.3) is 0 Å². The van der Waals surface area contributed by atoms with Gasteiger partial charge in [0.05, 0.1) is 12.6 Å². The lowest BCUT2D eigenvalue weighted by atomic mass is 10.3. The molecular weight excluding hydrogens is 216 g/mol. The molecule has 1 aromatic rings. The van der Waals surface area contributed by atoms with Crippen molar-refractivity contribution in [2.24, 2.45) is 0 Å². The molecule has 1 aromatic carbocycles. The van der Waals surface area contributed by atoms with Crippen molar-refractivity contribution in [2.45, 2.75) is 12.5 Å². The fourth-order valence-corrected chi connectivity index (χ4v) is 2.05. The van der Waals surface area contributed by atoms with Gasteiger partial charge in [0, 0.05) is 25.8 Å². The minimum atomic E-state index is -0.346.